The first kappa shape index (κ1) is 68.3. The highest BCUT2D eigenvalue weighted by molar-refractivity contribution is 7.89. The van der Waals surface area contributed by atoms with Crippen molar-refractivity contribution in [2.45, 2.75) is 104 Å². The summed E-state index contributed by atoms with van der Waals surface area (Å²) >= 11 is 0. The molecule has 2 aliphatic heterocycles. The molecule has 3 fully saturated rings. The standard InChI is InChI=1S/C70H79N15O13S/c1-8-82(9-2)53-20-21-55-46(34-60(86)97-59(55)36-53)40-96-69(90)98-62-47(31-43(3)32-48(62)42-95-68(89)85-39-58(77-66(87)74-50-14-15-50)61(79-85)64-75-56-22-13-45(33-57(56)76-64)38-81-27-29-93-30-28-81)41-94-67(88)84-25-23-83(24-26-84)52-18-16-49(17-19-52)73-65-71-37-44(4)63(78-65)72-51-11-10-12-54(35-51)99(91,92)80-70(5,6)7/h10-13,16-22,31-37,39,50,80H,8-9,14-15,23-30,38,40-42H2,1-7H3,(H,75,76)(H2,74,77,87)(H2,71,72,73,78). The summed E-state index contributed by atoms with van der Waals surface area (Å²) in [5, 5.41) is 17.3. The van der Waals surface area contributed by atoms with Gasteiger partial charge < -0.3 is 69.1 Å². The molecule has 4 aromatic heterocycles. The number of piperazine rings is 1. The Hall–Kier alpha value is -10.6. The first-order valence-corrected chi connectivity index (χ1v) is 34.3. The molecular weight excluding hydrogens is 1290 g/mol. The number of H-pyrrole nitrogens is 1. The number of aromatic nitrogens is 6. The van der Waals surface area contributed by atoms with Crippen LogP contribution in [0.15, 0.2) is 130 Å². The lowest BCUT2D eigenvalue weighted by Gasteiger charge is -2.35. The smallest absolute Gasteiger partial charge is 0.444 e. The van der Waals surface area contributed by atoms with Gasteiger partial charge in [0.25, 0.3) is 0 Å². The van der Waals surface area contributed by atoms with E-state index in [0.717, 1.165) is 78.3 Å². The fourth-order valence-corrected chi connectivity index (χ4v) is 13.1. The van der Waals surface area contributed by atoms with Crippen molar-refractivity contribution < 1.29 is 55.7 Å². The Kier molecular flexibility index (Phi) is 20.4. The number of rotatable bonds is 22. The second-order valence-corrected chi connectivity index (χ2v) is 27.2. The van der Waals surface area contributed by atoms with Crippen molar-refractivity contribution in [3.05, 3.63) is 159 Å². The van der Waals surface area contributed by atoms with E-state index in [1.54, 1.807) is 81.3 Å². The number of ether oxygens (including phenoxy) is 5. The van der Waals surface area contributed by atoms with Crippen molar-refractivity contribution in [1.29, 1.82) is 0 Å². The van der Waals surface area contributed by atoms with E-state index in [1.807, 2.05) is 69.3 Å². The van der Waals surface area contributed by atoms with Crippen LogP contribution in [0, 0.1) is 13.8 Å². The number of hydrogen-bond donors (Lipinski definition) is 6. The summed E-state index contributed by atoms with van der Waals surface area (Å²) in [5.41, 5.74) is 6.98. The first-order valence-electron chi connectivity index (χ1n) is 32.8. The lowest BCUT2D eigenvalue weighted by molar-refractivity contribution is 0.0342. The Labute approximate surface area is 571 Å². The number of carbonyl (C=O) groups excluding carboxylic acids is 4. The summed E-state index contributed by atoms with van der Waals surface area (Å²) in [4.78, 5) is 93.8. The summed E-state index contributed by atoms with van der Waals surface area (Å²) in [6.07, 6.45) is 1.92. The van der Waals surface area contributed by atoms with Crippen LogP contribution in [0.4, 0.5) is 59.4 Å². The van der Waals surface area contributed by atoms with E-state index in [0.29, 0.717) is 90.1 Å². The fourth-order valence-electron chi connectivity index (χ4n) is 11.7. The number of aromatic amines is 1. The van der Waals surface area contributed by atoms with Gasteiger partial charge in [0.15, 0.2) is 11.5 Å². The predicted molar refractivity (Wildman–Crippen MR) is 372 cm³/mol. The highest BCUT2D eigenvalue weighted by Gasteiger charge is 2.29. The van der Waals surface area contributed by atoms with Crippen LogP contribution in [0.2, 0.25) is 0 Å². The molecule has 12 rings (SSSR count). The summed E-state index contributed by atoms with van der Waals surface area (Å²) in [6.45, 7) is 18.5. The third-order valence-corrected chi connectivity index (χ3v) is 18.5. The molecule has 0 unspecified atom stereocenters. The molecule has 1 saturated carbocycles. The van der Waals surface area contributed by atoms with Gasteiger partial charge in [0.05, 0.1) is 41.0 Å². The zero-order valence-electron chi connectivity index (χ0n) is 56.1. The van der Waals surface area contributed by atoms with Gasteiger partial charge in [-0.15, -0.1) is 0 Å². The molecule has 1 aliphatic carbocycles. The number of anilines is 7. The number of hydrogen-bond acceptors (Lipinski definition) is 22. The Morgan fingerprint density at radius 1 is 0.768 bits per heavy atom. The molecule has 0 radical (unpaired) electrons. The Morgan fingerprint density at radius 3 is 2.21 bits per heavy atom. The molecule has 3 aliphatic rings. The average Bonchev–Trinajstić information content (AvgIpc) is 1.76. The molecule has 6 N–H and O–H groups in total. The van der Waals surface area contributed by atoms with Crippen LogP contribution in [-0.4, -0.2) is 149 Å². The minimum Gasteiger partial charge on any atom is -0.444 e. The number of morpholine rings is 1. The summed E-state index contributed by atoms with van der Waals surface area (Å²) in [6, 6.07) is 29.7. The van der Waals surface area contributed by atoms with Crippen LogP contribution >= 0.6 is 0 Å². The Bertz CT molecular complexity index is 4650. The number of fused-ring (bicyclic) bond motifs is 2. The van der Waals surface area contributed by atoms with Crippen molar-refractivity contribution in [3.8, 4) is 17.3 Å². The normalized spacial score (nSPS) is 14.4. The molecule has 3 amide bonds. The third kappa shape index (κ3) is 17.2. The maximum atomic E-state index is 14.2. The second-order valence-electron chi connectivity index (χ2n) is 25.5. The highest BCUT2D eigenvalue weighted by atomic mass is 32.2. The van der Waals surface area contributed by atoms with E-state index < -0.39 is 52.2 Å². The zero-order chi connectivity index (χ0) is 69.5. The van der Waals surface area contributed by atoms with E-state index in [2.05, 4.69) is 60.7 Å². The largest absolute Gasteiger partial charge is 0.514 e. The average molecular weight is 1370 g/mol. The Morgan fingerprint density at radius 2 is 1.49 bits per heavy atom. The molecule has 9 aromatic rings. The highest BCUT2D eigenvalue weighted by Crippen LogP contribution is 2.33. The fraction of sp³-hybridized carbons (Fsp3) is 0.357. The van der Waals surface area contributed by atoms with Crippen LogP contribution in [0.25, 0.3) is 33.5 Å². The number of aryl methyl sites for hydroxylation is 2. The van der Waals surface area contributed by atoms with Crippen LogP contribution in [-0.2, 0) is 55.3 Å². The summed E-state index contributed by atoms with van der Waals surface area (Å²) in [7, 11) is -3.78. The molecule has 6 heterocycles. The number of sulfonamides is 1. The van der Waals surface area contributed by atoms with Gasteiger partial charge in [-0.25, -0.2) is 47.1 Å². The van der Waals surface area contributed by atoms with Gasteiger partial charge in [-0.2, -0.15) is 14.8 Å². The molecule has 0 bridgehead atoms. The molecule has 5 aromatic carbocycles. The van der Waals surface area contributed by atoms with Crippen LogP contribution in [0.5, 0.6) is 5.75 Å². The molecule has 2 saturated heterocycles. The topological polar surface area (TPSA) is 324 Å². The van der Waals surface area contributed by atoms with Gasteiger partial charge in [-0.05, 0) is 146 Å². The van der Waals surface area contributed by atoms with Crippen LogP contribution in [0.1, 0.15) is 80.8 Å². The van der Waals surface area contributed by atoms with Crippen molar-refractivity contribution in [3.63, 3.8) is 0 Å². The lowest BCUT2D eigenvalue weighted by atomic mass is 10.1. The molecular formula is C70H79N15O13S. The number of benzene rings is 5. The van der Waals surface area contributed by atoms with Gasteiger partial charge >= 0.3 is 30.0 Å². The molecule has 0 atom stereocenters. The quantitative estimate of drug-likeness (QED) is 0.0159. The molecule has 29 heteroatoms. The number of imidazole rings is 1. The van der Waals surface area contributed by atoms with Gasteiger partial charge in [-0.3, -0.25) is 4.90 Å². The van der Waals surface area contributed by atoms with Gasteiger partial charge in [0.1, 0.15) is 37.0 Å². The predicted octanol–water partition coefficient (Wildman–Crippen LogP) is 10.8. The van der Waals surface area contributed by atoms with E-state index >= 15 is 0 Å². The van der Waals surface area contributed by atoms with Crippen molar-refractivity contribution in [1.82, 2.24) is 49.6 Å². The van der Waals surface area contributed by atoms with E-state index in [4.69, 9.17) is 33.1 Å². The van der Waals surface area contributed by atoms with Gasteiger partial charge in [-0.1, -0.05) is 17.7 Å². The maximum absolute atomic E-state index is 14.2. The number of urea groups is 1. The van der Waals surface area contributed by atoms with Crippen LogP contribution < -0.4 is 46.2 Å². The maximum Gasteiger partial charge on any atom is 0.514 e. The van der Waals surface area contributed by atoms with E-state index in [-0.39, 0.29) is 58.2 Å². The summed E-state index contributed by atoms with van der Waals surface area (Å²) < 4.78 is 64.4. The number of amides is 3. The molecule has 518 valence electrons. The van der Waals surface area contributed by atoms with Gasteiger partial charge in [0.2, 0.25) is 16.0 Å². The van der Waals surface area contributed by atoms with Crippen molar-refractivity contribution >= 4 is 96.6 Å². The summed E-state index contributed by atoms with van der Waals surface area (Å²) in [5.74, 6) is 0.986. The number of carbonyl (C=O) groups is 4. The SMILES string of the molecule is CCN(CC)c1ccc2c(COC(=O)Oc3c(COC(=O)N4CCN(c5ccc(Nc6ncc(C)c(Nc7cccc(S(=O)(=O)NC(C)(C)C)c7)n6)cc5)CC4)cc(C)cc3COC(=O)n3cc(NC(=O)NC4CC4)c(-c4nc5ccc(CN6CCOCC6)cc5[nH]4)n3)cc(=O)oc2c1. The zero-order valence-corrected chi connectivity index (χ0v) is 56.9. The monoisotopic (exact) mass is 1370 g/mol. The van der Waals surface area contributed by atoms with Crippen LogP contribution in [0.3, 0.4) is 0 Å². The van der Waals surface area contributed by atoms with E-state index in [1.165, 1.54) is 18.3 Å². The molecule has 28 nitrogen and oxygen atoms in total. The number of nitrogens with zero attached hydrogens (tertiary/aromatic N) is 9. The molecule has 99 heavy (non-hydrogen) atoms. The minimum absolute atomic E-state index is 0.0280. The third-order valence-electron chi connectivity index (χ3n) is 16.8. The molecule has 0 spiro atoms. The first-order chi connectivity index (χ1) is 47.6. The van der Waals surface area contributed by atoms with Crippen molar-refractivity contribution in [2.75, 3.05) is 91.3 Å². The van der Waals surface area contributed by atoms with E-state index in [9.17, 15) is 32.4 Å². The van der Waals surface area contributed by atoms with Gasteiger partial charge in [0, 0.05) is 139 Å². The second kappa shape index (κ2) is 29.6. The van der Waals surface area contributed by atoms with Crippen molar-refractivity contribution in [2.24, 2.45) is 0 Å². The Balaban J connectivity index is 0.727. The minimum atomic E-state index is -3.78. The number of nitrogens with one attached hydrogen (secondary N) is 6. The lowest BCUT2D eigenvalue weighted by Crippen LogP contribution is -2.48.